The minimum Gasteiger partial charge on any atom is -0.393 e. The largest absolute Gasteiger partial charge is 0.393 e. The van der Waals surface area contributed by atoms with E-state index in [1.54, 1.807) is 0 Å². The zero-order valence-corrected chi connectivity index (χ0v) is 13.1. The van der Waals surface area contributed by atoms with Crippen molar-refractivity contribution in [1.82, 2.24) is 10.2 Å². The molecule has 4 nitrogen and oxygen atoms in total. The Balaban J connectivity index is 2.65. The van der Waals surface area contributed by atoms with Crippen molar-refractivity contribution in [3.8, 4) is 0 Å². The number of piperidine rings is 1. The maximum Gasteiger partial charge on any atom is 0.237 e. The molecule has 0 spiro atoms. The number of aliphatic hydroxyl groups excluding tert-OH is 1. The molecule has 0 aliphatic carbocycles. The molecule has 3 unspecified atom stereocenters. The lowest BCUT2D eigenvalue weighted by atomic mass is 9.95. The van der Waals surface area contributed by atoms with Crippen LogP contribution in [0.15, 0.2) is 0 Å². The van der Waals surface area contributed by atoms with Crippen molar-refractivity contribution in [3.05, 3.63) is 0 Å². The van der Waals surface area contributed by atoms with Crippen molar-refractivity contribution < 1.29 is 9.90 Å². The Hall–Kier alpha value is -0.610. The van der Waals surface area contributed by atoms with E-state index in [2.05, 4.69) is 10.2 Å². The summed E-state index contributed by atoms with van der Waals surface area (Å²) >= 11 is 0. The summed E-state index contributed by atoms with van der Waals surface area (Å²) in [6, 6.07) is 0.206. The number of aliphatic hydroxyl groups is 1. The average Bonchev–Trinajstić information content (AvgIpc) is 2.25. The molecule has 1 rings (SSSR count). The number of hydrogen-bond donors (Lipinski definition) is 2. The average molecular weight is 270 g/mol. The molecular formula is C15H30N2O2. The molecule has 0 bridgehead atoms. The van der Waals surface area contributed by atoms with Gasteiger partial charge in [-0.1, -0.05) is 6.42 Å². The van der Waals surface area contributed by atoms with Crippen LogP contribution in [0, 0.1) is 0 Å². The zero-order chi connectivity index (χ0) is 14.6. The Morgan fingerprint density at radius 2 is 2.00 bits per heavy atom. The van der Waals surface area contributed by atoms with Crippen LogP contribution in [0.4, 0.5) is 0 Å². The Morgan fingerprint density at radius 3 is 2.53 bits per heavy atom. The van der Waals surface area contributed by atoms with Crippen LogP contribution in [-0.4, -0.2) is 46.2 Å². The predicted molar refractivity (Wildman–Crippen MR) is 78.0 cm³/mol. The van der Waals surface area contributed by atoms with Crippen LogP contribution in [0.2, 0.25) is 0 Å². The van der Waals surface area contributed by atoms with Crippen LogP contribution < -0.4 is 5.32 Å². The van der Waals surface area contributed by atoms with Crippen molar-refractivity contribution in [2.24, 2.45) is 0 Å². The van der Waals surface area contributed by atoms with E-state index < -0.39 is 0 Å². The number of likely N-dealkylation sites (tertiary alicyclic amines) is 1. The predicted octanol–water partition coefficient (Wildman–Crippen LogP) is 1.91. The first-order valence-electron chi connectivity index (χ1n) is 7.46. The highest BCUT2D eigenvalue weighted by molar-refractivity contribution is 5.82. The number of hydrogen-bond acceptors (Lipinski definition) is 3. The van der Waals surface area contributed by atoms with Gasteiger partial charge in [-0.05, 0) is 60.4 Å². The summed E-state index contributed by atoms with van der Waals surface area (Å²) in [4.78, 5) is 14.5. The molecule has 19 heavy (non-hydrogen) atoms. The van der Waals surface area contributed by atoms with E-state index >= 15 is 0 Å². The van der Waals surface area contributed by atoms with Gasteiger partial charge >= 0.3 is 0 Å². The fraction of sp³-hybridized carbons (Fsp3) is 0.933. The molecule has 1 fully saturated rings. The van der Waals surface area contributed by atoms with Crippen LogP contribution in [0.3, 0.4) is 0 Å². The fourth-order valence-electron chi connectivity index (χ4n) is 2.80. The van der Waals surface area contributed by atoms with Crippen molar-refractivity contribution in [3.63, 3.8) is 0 Å². The van der Waals surface area contributed by atoms with Crippen molar-refractivity contribution in [2.45, 2.75) is 84.0 Å². The number of carbonyl (C=O) groups excluding carboxylic acids is 1. The minimum atomic E-state index is -0.302. The molecule has 0 saturated carbocycles. The van der Waals surface area contributed by atoms with Crippen molar-refractivity contribution in [1.29, 1.82) is 0 Å². The van der Waals surface area contributed by atoms with Crippen LogP contribution >= 0.6 is 0 Å². The molecule has 2 N–H and O–H groups in total. The number of carbonyl (C=O) groups is 1. The quantitative estimate of drug-likeness (QED) is 0.820. The van der Waals surface area contributed by atoms with Crippen molar-refractivity contribution in [2.75, 3.05) is 6.54 Å². The Kier molecular flexibility index (Phi) is 5.81. The normalized spacial score (nSPS) is 24.8. The van der Waals surface area contributed by atoms with Gasteiger partial charge in [0.05, 0.1) is 12.1 Å². The third-order valence-corrected chi connectivity index (χ3v) is 3.66. The van der Waals surface area contributed by atoms with E-state index in [4.69, 9.17) is 0 Å². The minimum absolute atomic E-state index is 0.0880. The lowest BCUT2D eigenvalue weighted by molar-refractivity contribution is -0.129. The molecule has 1 aliphatic rings. The number of nitrogens with one attached hydrogen (secondary N) is 1. The van der Waals surface area contributed by atoms with Gasteiger partial charge in [-0.2, -0.15) is 0 Å². The van der Waals surface area contributed by atoms with E-state index in [0.717, 1.165) is 25.8 Å². The molecular weight excluding hydrogens is 240 g/mol. The van der Waals surface area contributed by atoms with Gasteiger partial charge in [0.1, 0.15) is 0 Å². The smallest absolute Gasteiger partial charge is 0.237 e. The molecule has 0 aromatic carbocycles. The molecule has 1 aliphatic heterocycles. The summed E-state index contributed by atoms with van der Waals surface area (Å²) in [6.45, 7) is 10.8. The lowest BCUT2D eigenvalue weighted by Gasteiger charge is -2.40. The molecule has 0 aromatic heterocycles. The van der Waals surface area contributed by atoms with Crippen LogP contribution in [0.1, 0.15) is 60.3 Å². The number of rotatable bonds is 4. The monoisotopic (exact) mass is 270 g/mol. The van der Waals surface area contributed by atoms with Gasteiger partial charge in [0.15, 0.2) is 0 Å². The van der Waals surface area contributed by atoms with E-state index in [1.807, 2.05) is 34.6 Å². The zero-order valence-electron chi connectivity index (χ0n) is 13.1. The highest BCUT2D eigenvalue weighted by Crippen LogP contribution is 2.23. The van der Waals surface area contributed by atoms with Gasteiger partial charge in [-0.3, -0.25) is 9.69 Å². The van der Waals surface area contributed by atoms with E-state index in [1.165, 1.54) is 6.42 Å². The molecule has 112 valence electrons. The summed E-state index contributed by atoms with van der Waals surface area (Å²) in [5.41, 5.74) is -0.194. The second-order valence-electron chi connectivity index (χ2n) is 6.89. The summed E-state index contributed by atoms with van der Waals surface area (Å²) in [5, 5.41) is 12.6. The van der Waals surface area contributed by atoms with Crippen LogP contribution in [0.5, 0.6) is 0 Å². The number of nitrogens with zero attached hydrogens (tertiary/aromatic N) is 1. The van der Waals surface area contributed by atoms with Gasteiger partial charge in [0.25, 0.3) is 0 Å². The molecule has 1 saturated heterocycles. The Bertz CT molecular complexity index is 297. The first-order chi connectivity index (χ1) is 8.70. The fourth-order valence-corrected chi connectivity index (χ4v) is 2.80. The molecule has 0 aromatic rings. The van der Waals surface area contributed by atoms with E-state index in [0.29, 0.717) is 6.04 Å². The third kappa shape index (κ3) is 5.49. The first-order valence-corrected chi connectivity index (χ1v) is 7.46. The second-order valence-corrected chi connectivity index (χ2v) is 6.89. The highest BCUT2D eigenvalue weighted by Gasteiger charge is 2.31. The van der Waals surface area contributed by atoms with Gasteiger partial charge < -0.3 is 10.4 Å². The SMILES string of the molecule is CC(O)CC1CCCCN1C(C)C(=O)NC(C)(C)C. The summed E-state index contributed by atoms with van der Waals surface area (Å²) in [6.07, 6.45) is 3.87. The molecule has 1 heterocycles. The Morgan fingerprint density at radius 1 is 1.37 bits per heavy atom. The van der Waals surface area contributed by atoms with E-state index in [9.17, 15) is 9.90 Å². The summed E-state index contributed by atoms with van der Waals surface area (Å²) in [5.74, 6) is 0.0880. The third-order valence-electron chi connectivity index (χ3n) is 3.66. The maximum absolute atomic E-state index is 12.3. The highest BCUT2D eigenvalue weighted by atomic mass is 16.3. The summed E-state index contributed by atoms with van der Waals surface area (Å²) < 4.78 is 0. The molecule has 4 heteroatoms. The number of amides is 1. The van der Waals surface area contributed by atoms with Gasteiger partial charge in [-0.15, -0.1) is 0 Å². The molecule has 1 amide bonds. The molecule has 0 radical (unpaired) electrons. The van der Waals surface area contributed by atoms with Gasteiger partial charge in [-0.25, -0.2) is 0 Å². The Labute approximate surface area is 117 Å². The van der Waals surface area contributed by atoms with E-state index in [-0.39, 0.29) is 23.6 Å². The first kappa shape index (κ1) is 16.4. The second kappa shape index (κ2) is 6.71. The van der Waals surface area contributed by atoms with Crippen molar-refractivity contribution >= 4 is 5.91 Å². The molecule has 3 atom stereocenters. The van der Waals surface area contributed by atoms with Crippen LogP contribution in [-0.2, 0) is 4.79 Å². The van der Waals surface area contributed by atoms with Gasteiger partial charge in [0, 0.05) is 11.6 Å². The van der Waals surface area contributed by atoms with Crippen LogP contribution in [0.25, 0.3) is 0 Å². The lowest BCUT2D eigenvalue weighted by Crippen LogP contribution is -2.55. The standard InChI is InChI=1S/C15H30N2O2/c1-11(18)10-13-8-6-7-9-17(13)12(2)14(19)16-15(3,4)5/h11-13,18H,6-10H2,1-5H3,(H,16,19). The topological polar surface area (TPSA) is 52.6 Å². The maximum atomic E-state index is 12.3. The van der Waals surface area contributed by atoms with Gasteiger partial charge in [0.2, 0.25) is 5.91 Å². The summed E-state index contributed by atoms with van der Waals surface area (Å²) in [7, 11) is 0.